The second-order valence-corrected chi connectivity index (χ2v) is 5.10. The van der Waals surface area contributed by atoms with Crippen LogP contribution in [0.5, 0.6) is 0 Å². The number of aromatic nitrogens is 1. The van der Waals surface area contributed by atoms with Crippen LogP contribution in [0.25, 0.3) is 0 Å². The summed E-state index contributed by atoms with van der Waals surface area (Å²) in [6.45, 7) is 2.34. The van der Waals surface area contributed by atoms with Crippen LogP contribution in [-0.4, -0.2) is 28.1 Å². The Morgan fingerprint density at radius 1 is 1.37 bits per heavy atom. The third kappa shape index (κ3) is 5.69. The van der Waals surface area contributed by atoms with Gasteiger partial charge >= 0.3 is 10.8 Å². The number of aryl methyl sites for hydroxylation is 1. The third-order valence-corrected chi connectivity index (χ3v) is 3.55. The van der Waals surface area contributed by atoms with Gasteiger partial charge in [0.2, 0.25) is 5.91 Å². The molecule has 0 radical (unpaired) electrons. The number of hydrogen-bond donors (Lipinski definition) is 2. The van der Waals surface area contributed by atoms with Crippen LogP contribution in [0.15, 0.2) is 10.2 Å². The molecule has 0 bridgehead atoms. The van der Waals surface area contributed by atoms with Crippen LogP contribution in [0, 0.1) is 6.92 Å². The summed E-state index contributed by atoms with van der Waals surface area (Å²) >= 11 is 1.08. The summed E-state index contributed by atoms with van der Waals surface area (Å²) in [4.78, 5) is 33.1. The van der Waals surface area contributed by atoms with E-state index in [-0.39, 0.29) is 23.7 Å². The number of nitrogens with zero attached hydrogens (tertiary/aromatic N) is 1. The molecule has 1 rings (SSSR count). The summed E-state index contributed by atoms with van der Waals surface area (Å²) in [5.41, 5.74) is 0.784. The SMILES string of the molecule is Cc1csc(=O)n1CC(=O)NCCCCCC(=O)O. The summed E-state index contributed by atoms with van der Waals surface area (Å²) in [6.07, 6.45) is 2.30. The minimum absolute atomic E-state index is 0.0449. The number of nitrogens with one attached hydrogen (secondary N) is 1. The molecule has 0 aliphatic carbocycles. The summed E-state index contributed by atoms with van der Waals surface area (Å²) in [5.74, 6) is -0.988. The molecular weight excluding hydrogens is 268 g/mol. The number of carboxylic acid groups (broad SMARTS) is 1. The topological polar surface area (TPSA) is 88.4 Å². The average Bonchev–Trinajstić information content (AvgIpc) is 2.65. The van der Waals surface area contributed by atoms with E-state index in [1.165, 1.54) is 4.57 Å². The third-order valence-electron chi connectivity index (χ3n) is 2.67. The number of carboxylic acids is 1. The maximum atomic E-state index is 11.6. The number of carbonyl (C=O) groups excluding carboxylic acids is 1. The van der Waals surface area contributed by atoms with E-state index < -0.39 is 5.97 Å². The van der Waals surface area contributed by atoms with Gasteiger partial charge in [-0.05, 0) is 19.8 Å². The van der Waals surface area contributed by atoms with E-state index in [2.05, 4.69) is 5.32 Å². The Morgan fingerprint density at radius 2 is 2.11 bits per heavy atom. The van der Waals surface area contributed by atoms with E-state index in [0.717, 1.165) is 29.9 Å². The van der Waals surface area contributed by atoms with Gasteiger partial charge in [-0.1, -0.05) is 17.8 Å². The van der Waals surface area contributed by atoms with Gasteiger partial charge in [0.15, 0.2) is 0 Å². The number of rotatable bonds is 8. The monoisotopic (exact) mass is 286 g/mol. The van der Waals surface area contributed by atoms with Crippen molar-refractivity contribution in [3.8, 4) is 0 Å². The predicted molar refractivity (Wildman–Crippen MR) is 72.4 cm³/mol. The molecule has 106 valence electrons. The minimum Gasteiger partial charge on any atom is -0.481 e. The molecule has 2 N–H and O–H groups in total. The lowest BCUT2D eigenvalue weighted by Gasteiger charge is -2.06. The summed E-state index contributed by atoms with van der Waals surface area (Å²) in [7, 11) is 0. The maximum Gasteiger partial charge on any atom is 0.307 e. The quantitative estimate of drug-likeness (QED) is 0.697. The van der Waals surface area contributed by atoms with Gasteiger partial charge < -0.3 is 10.4 Å². The zero-order chi connectivity index (χ0) is 14.3. The van der Waals surface area contributed by atoms with E-state index in [0.29, 0.717) is 13.0 Å². The molecule has 0 aromatic carbocycles. The van der Waals surface area contributed by atoms with Gasteiger partial charge in [0.1, 0.15) is 6.54 Å². The molecule has 0 spiro atoms. The van der Waals surface area contributed by atoms with Gasteiger partial charge in [0.05, 0.1) is 0 Å². The first-order chi connectivity index (χ1) is 9.00. The van der Waals surface area contributed by atoms with Gasteiger partial charge in [-0.25, -0.2) is 0 Å². The number of amides is 1. The molecule has 1 amide bonds. The van der Waals surface area contributed by atoms with Gasteiger partial charge in [0, 0.05) is 24.0 Å². The molecule has 1 aromatic heterocycles. The maximum absolute atomic E-state index is 11.6. The molecule has 0 fully saturated rings. The highest BCUT2D eigenvalue weighted by Crippen LogP contribution is 2.00. The molecule has 1 aromatic rings. The molecule has 0 aliphatic heterocycles. The molecule has 7 heteroatoms. The van der Waals surface area contributed by atoms with Crippen LogP contribution >= 0.6 is 11.3 Å². The van der Waals surface area contributed by atoms with Crippen LogP contribution < -0.4 is 10.2 Å². The van der Waals surface area contributed by atoms with Crippen LogP contribution in [-0.2, 0) is 16.1 Å². The van der Waals surface area contributed by atoms with Crippen molar-refractivity contribution in [1.29, 1.82) is 0 Å². The molecular formula is C12H18N2O4S. The minimum atomic E-state index is -0.795. The van der Waals surface area contributed by atoms with E-state index >= 15 is 0 Å². The largest absolute Gasteiger partial charge is 0.481 e. The summed E-state index contributed by atoms with van der Waals surface area (Å²) in [6, 6.07) is 0. The summed E-state index contributed by atoms with van der Waals surface area (Å²) in [5, 5.41) is 12.9. The zero-order valence-corrected chi connectivity index (χ0v) is 11.7. The first-order valence-electron chi connectivity index (χ1n) is 6.14. The van der Waals surface area contributed by atoms with Crippen molar-refractivity contribution in [2.45, 2.75) is 39.2 Å². The first-order valence-corrected chi connectivity index (χ1v) is 7.02. The molecule has 0 unspecified atom stereocenters. The van der Waals surface area contributed by atoms with Crippen molar-refractivity contribution < 1.29 is 14.7 Å². The van der Waals surface area contributed by atoms with Gasteiger partial charge in [-0.15, -0.1) is 0 Å². The molecule has 0 saturated heterocycles. The Kier molecular flexibility index (Phi) is 6.27. The second kappa shape index (κ2) is 7.73. The Hall–Kier alpha value is -1.63. The van der Waals surface area contributed by atoms with Crippen LogP contribution in [0.3, 0.4) is 0 Å². The highest BCUT2D eigenvalue weighted by Gasteiger charge is 2.07. The van der Waals surface area contributed by atoms with E-state index in [9.17, 15) is 14.4 Å². The Balaban J connectivity index is 2.19. The highest BCUT2D eigenvalue weighted by atomic mass is 32.1. The van der Waals surface area contributed by atoms with Crippen molar-refractivity contribution in [3.05, 3.63) is 20.7 Å². The number of carbonyl (C=O) groups is 2. The smallest absolute Gasteiger partial charge is 0.307 e. The molecule has 0 aliphatic rings. The second-order valence-electron chi connectivity index (χ2n) is 4.28. The molecule has 0 atom stereocenters. The van der Waals surface area contributed by atoms with Crippen molar-refractivity contribution in [3.63, 3.8) is 0 Å². The fraction of sp³-hybridized carbons (Fsp3) is 0.583. The van der Waals surface area contributed by atoms with Gasteiger partial charge in [-0.2, -0.15) is 0 Å². The van der Waals surface area contributed by atoms with Crippen LogP contribution in [0.4, 0.5) is 0 Å². The highest BCUT2D eigenvalue weighted by molar-refractivity contribution is 7.07. The molecule has 1 heterocycles. The van der Waals surface area contributed by atoms with Crippen molar-refractivity contribution in [2.75, 3.05) is 6.54 Å². The molecule has 19 heavy (non-hydrogen) atoms. The average molecular weight is 286 g/mol. The lowest BCUT2D eigenvalue weighted by atomic mass is 10.2. The standard InChI is InChI=1S/C12H18N2O4S/c1-9-8-19-12(18)14(9)7-10(15)13-6-4-2-3-5-11(16)17/h8H,2-7H2,1H3,(H,13,15)(H,16,17). The van der Waals surface area contributed by atoms with Crippen molar-refractivity contribution >= 4 is 23.2 Å². The number of aliphatic carboxylic acids is 1. The predicted octanol–water partition coefficient (Wildman–Crippen LogP) is 0.979. The van der Waals surface area contributed by atoms with Crippen LogP contribution in [0.1, 0.15) is 31.4 Å². The Morgan fingerprint density at radius 3 is 2.68 bits per heavy atom. The van der Waals surface area contributed by atoms with E-state index in [1.807, 2.05) is 0 Å². The molecule has 0 saturated carbocycles. The van der Waals surface area contributed by atoms with Crippen LogP contribution in [0.2, 0.25) is 0 Å². The van der Waals surface area contributed by atoms with Gasteiger partial charge in [-0.3, -0.25) is 19.0 Å². The normalized spacial score (nSPS) is 10.4. The van der Waals surface area contributed by atoms with Crippen molar-refractivity contribution in [2.24, 2.45) is 0 Å². The lowest BCUT2D eigenvalue weighted by Crippen LogP contribution is -2.31. The number of hydrogen-bond acceptors (Lipinski definition) is 4. The first kappa shape index (κ1) is 15.4. The van der Waals surface area contributed by atoms with Gasteiger partial charge in [0.25, 0.3) is 0 Å². The summed E-state index contributed by atoms with van der Waals surface area (Å²) < 4.78 is 1.43. The fourth-order valence-electron chi connectivity index (χ4n) is 1.60. The number of unbranched alkanes of at least 4 members (excludes halogenated alkanes) is 2. The van der Waals surface area contributed by atoms with E-state index in [1.54, 1.807) is 12.3 Å². The zero-order valence-electron chi connectivity index (χ0n) is 10.8. The van der Waals surface area contributed by atoms with E-state index in [4.69, 9.17) is 5.11 Å². The van der Waals surface area contributed by atoms with Crippen molar-refractivity contribution in [1.82, 2.24) is 9.88 Å². The molecule has 6 nitrogen and oxygen atoms in total. The Bertz CT molecular complexity index is 492. The Labute approximate surface area is 115 Å². The lowest BCUT2D eigenvalue weighted by molar-refractivity contribution is -0.137. The number of thiazole rings is 1. The fourth-order valence-corrected chi connectivity index (χ4v) is 2.34.